The summed E-state index contributed by atoms with van der Waals surface area (Å²) in [5.74, 6) is 1.21. The lowest BCUT2D eigenvalue weighted by atomic mass is 10.1. The monoisotopic (exact) mass is 402 g/mol. The van der Waals surface area contributed by atoms with Crippen LogP contribution in [0.5, 0.6) is 5.88 Å². The van der Waals surface area contributed by atoms with Crippen molar-refractivity contribution < 1.29 is 43.8 Å². The maximum atomic E-state index is 12.9. The molecule has 144 valence electrons. The molecule has 0 amide bonds. The summed E-state index contributed by atoms with van der Waals surface area (Å²) in [6.07, 6.45) is 2.28. The van der Waals surface area contributed by atoms with Crippen LogP contribution < -0.4 is 50.5 Å². The van der Waals surface area contributed by atoms with Crippen molar-refractivity contribution in [2.45, 2.75) is 25.5 Å². The van der Waals surface area contributed by atoms with Crippen LogP contribution in [0.2, 0.25) is 0 Å². The Morgan fingerprint density at radius 3 is 2.46 bits per heavy atom. The van der Waals surface area contributed by atoms with E-state index in [0.717, 1.165) is 37.3 Å². The molecule has 5 nitrogen and oxygen atoms in total. The van der Waals surface area contributed by atoms with Gasteiger partial charge in [-0.05, 0) is 23.8 Å². The molecular weight excluding hydrogens is 378 g/mol. The summed E-state index contributed by atoms with van der Waals surface area (Å²) in [5.41, 5.74) is 7.63. The molecule has 0 bridgehead atoms. The summed E-state index contributed by atoms with van der Waals surface area (Å²) >= 11 is 0. The quantitative estimate of drug-likeness (QED) is 0.468. The molecule has 0 spiro atoms. The molecule has 1 aliphatic rings. The number of rotatable bonds is 5. The van der Waals surface area contributed by atoms with E-state index in [4.69, 9.17) is 10.5 Å². The number of pyridine rings is 1. The van der Waals surface area contributed by atoms with Gasteiger partial charge in [0.25, 0.3) is 5.82 Å². The van der Waals surface area contributed by atoms with Crippen molar-refractivity contribution in [3.05, 3.63) is 47.8 Å². The minimum atomic E-state index is -0.228. The van der Waals surface area contributed by atoms with E-state index in [9.17, 15) is 4.39 Å². The number of nitrogen functional groups attached to an aromatic ring is 1. The fourth-order valence-electron chi connectivity index (χ4n) is 2.85. The second-order valence-corrected chi connectivity index (χ2v) is 6.41. The molecule has 0 radical (unpaired) electrons. The normalized spacial score (nSPS) is 19.0. The van der Waals surface area contributed by atoms with Crippen LogP contribution in [0.3, 0.4) is 0 Å². The number of benzene rings is 1. The molecule has 8 heteroatoms. The van der Waals surface area contributed by atoms with Crippen molar-refractivity contribution in [3.63, 3.8) is 0 Å². The summed E-state index contributed by atoms with van der Waals surface area (Å²) < 4.78 is 19.0. The van der Waals surface area contributed by atoms with Crippen LogP contribution in [0, 0.1) is 5.82 Å². The number of piperidine rings is 1. The zero-order valence-corrected chi connectivity index (χ0v) is 16.2. The molecule has 0 saturated carbocycles. The summed E-state index contributed by atoms with van der Waals surface area (Å²) in [4.78, 5) is 4.76. The Kier molecular flexibility index (Phi) is 8.92. The predicted molar refractivity (Wildman–Crippen MR) is 91.4 cm³/mol. The van der Waals surface area contributed by atoms with E-state index in [0.29, 0.717) is 18.1 Å². The van der Waals surface area contributed by atoms with Crippen molar-refractivity contribution in [1.29, 1.82) is 0 Å². The van der Waals surface area contributed by atoms with Crippen LogP contribution >= 0.6 is 0 Å². The number of hydrogen-bond acceptors (Lipinski definition) is 3. The van der Waals surface area contributed by atoms with Crippen molar-refractivity contribution in [3.8, 4) is 5.88 Å². The minimum Gasteiger partial charge on any atom is -1.00 e. The Morgan fingerprint density at radius 2 is 1.81 bits per heavy atom. The predicted octanol–water partition coefficient (Wildman–Crippen LogP) is -5.10. The molecule has 5 N–H and O–H groups in total. The molecule has 1 aromatic heterocycles. The van der Waals surface area contributed by atoms with E-state index in [1.807, 2.05) is 12.1 Å². The van der Waals surface area contributed by atoms with Gasteiger partial charge < -0.3 is 40.2 Å². The van der Waals surface area contributed by atoms with Crippen molar-refractivity contribution in [1.82, 2.24) is 0 Å². The number of likely N-dealkylation sites (tertiary alicyclic amines) is 1. The van der Waals surface area contributed by atoms with Crippen LogP contribution in [0.15, 0.2) is 36.4 Å². The van der Waals surface area contributed by atoms with Crippen molar-refractivity contribution in [2.24, 2.45) is 0 Å². The SMILES string of the molecule is C[NH+]1CCC(Oc2[nH+]c(NCc3ccc(F)cc3)ccc2N)CC1.[Cl-].[Cl-]. The number of nitrogens with two attached hydrogens (primary N) is 1. The molecule has 2 heterocycles. The van der Waals surface area contributed by atoms with Gasteiger partial charge in [-0.25, -0.2) is 9.37 Å². The van der Waals surface area contributed by atoms with Crippen LogP contribution in [0.25, 0.3) is 0 Å². The van der Waals surface area contributed by atoms with Gasteiger partial charge >= 0.3 is 5.88 Å². The standard InChI is InChI=1S/C18H23FN4O.2ClH/c1-23-10-8-15(9-11-23)24-18-16(20)6-7-17(22-18)21-12-13-2-4-14(19)5-3-13;;/h2-7,15H,8-12,20H2,1H3,(H,21,22);2*1H. The molecule has 0 atom stereocenters. The molecule has 3 rings (SSSR count). The average Bonchev–Trinajstić information content (AvgIpc) is 2.59. The maximum Gasteiger partial charge on any atom is 0.306 e. The number of nitrogens with one attached hydrogen (secondary N) is 3. The summed E-state index contributed by atoms with van der Waals surface area (Å²) in [6.45, 7) is 2.83. The van der Waals surface area contributed by atoms with Crippen LogP contribution in [-0.4, -0.2) is 26.2 Å². The topological polar surface area (TPSA) is 65.9 Å². The van der Waals surface area contributed by atoms with E-state index in [1.54, 1.807) is 17.0 Å². The number of anilines is 2. The van der Waals surface area contributed by atoms with Gasteiger partial charge in [-0.1, -0.05) is 12.1 Å². The Labute approximate surface area is 165 Å². The minimum absolute atomic E-state index is 0. The summed E-state index contributed by atoms with van der Waals surface area (Å²) in [7, 11) is 2.21. The van der Waals surface area contributed by atoms with E-state index in [-0.39, 0.29) is 36.7 Å². The largest absolute Gasteiger partial charge is 1.00 e. The first-order valence-electron chi connectivity index (χ1n) is 8.38. The van der Waals surface area contributed by atoms with Gasteiger partial charge in [-0.15, -0.1) is 0 Å². The van der Waals surface area contributed by atoms with Crippen LogP contribution in [0.1, 0.15) is 18.4 Å². The van der Waals surface area contributed by atoms with E-state index in [1.165, 1.54) is 12.1 Å². The fourth-order valence-corrected chi connectivity index (χ4v) is 2.85. The molecule has 1 saturated heterocycles. The highest BCUT2D eigenvalue weighted by Gasteiger charge is 2.23. The van der Waals surface area contributed by atoms with Gasteiger partial charge in [0.1, 0.15) is 24.2 Å². The number of halogens is 3. The highest BCUT2D eigenvalue weighted by molar-refractivity contribution is 5.48. The molecule has 0 unspecified atom stereocenters. The number of hydrogen-bond donors (Lipinski definition) is 3. The molecular formula is C18H25Cl2FN4O. The first-order chi connectivity index (χ1) is 11.6. The highest BCUT2D eigenvalue weighted by atomic mass is 35.5. The highest BCUT2D eigenvalue weighted by Crippen LogP contribution is 2.20. The lowest BCUT2D eigenvalue weighted by molar-refractivity contribution is -0.885. The molecule has 1 aromatic carbocycles. The third kappa shape index (κ3) is 6.20. The van der Waals surface area contributed by atoms with Crippen LogP contribution in [-0.2, 0) is 6.54 Å². The van der Waals surface area contributed by atoms with Gasteiger partial charge in [0, 0.05) is 18.9 Å². The second kappa shape index (κ2) is 10.4. The van der Waals surface area contributed by atoms with Crippen molar-refractivity contribution >= 4 is 11.5 Å². The van der Waals surface area contributed by atoms with Gasteiger partial charge in [0.2, 0.25) is 0 Å². The van der Waals surface area contributed by atoms with Gasteiger partial charge in [0.15, 0.2) is 0 Å². The van der Waals surface area contributed by atoms with E-state index < -0.39 is 0 Å². The average molecular weight is 403 g/mol. The van der Waals surface area contributed by atoms with E-state index >= 15 is 0 Å². The number of ether oxygens (including phenoxy) is 1. The zero-order valence-electron chi connectivity index (χ0n) is 14.7. The second-order valence-electron chi connectivity index (χ2n) is 6.41. The molecule has 26 heavy (non-hydrogen) atoms. The first-order valence-corrected chi connectivity index (χ1v) is 8.38. The first kappa shape index (κ1) is 22.3. The number of aromatic amines is 1. The Balaban J connectivity index is 0.00000169. The van der Waals surface area contributed by atoms with Crippen LogP contribution in [0.4, 0.5) is 15.9 Å². The Morgan fingerprint density at radius 1 is 1.15 bits per heavy atom. The summed E-state index contributed by atoms with van der Waals surface area (Å²) in [5, 5.41) is 3.27. The molecule has 0 aliphatic carbocycles. The maximum absolute atomic E-state index is 12.9. The fraction of sp³-hybridized carbons (Fsp3) is 0.389. The number of quaternary nitrogens is 1. The van der Waals surface area contributed by atoms with Gasteiger partial charge in [-0.2, -0.15) is 0 Å². The molecule has 1 aliphatic heterocycles. The molecule has 2 aromatic rings. The summed E-state index contributed by atoms with van der Waals surface area (Å²) in [6, 6.07) is 10.2. The Hall–Kier alpha value is -1.76. The third-order valence-corrected chi connectivity index (χ3v) is 4.41. The third-order valence-electron chi connectivity index (χ3n) is 4.41. The van der Waals surface area contributed by atoms with Gasteiger partial charge in [0.05, 0.1) is 20.1 Å². The lowest BCUT2D eigenvalue weighted by Crippen LogP contribution is -3.10. The van der Waals surface area contributed by atoms with E-state index in [2.05, 4.69) is 17.3 Å². The number of H-pyrrole nitrogens is 1. The van der Waals surface area contributed by atoms with Crippen molar-refractivity contribution in [2.75, 3.05) is 31.2 Å². The lowest BCUT2D eigenvalue weighted by Gasteiger charge is -2.26. The molecule has 1 fully saturated rings. The zero-order chi connectivity index (χ0) is 16.9. The Bertz CT molecular complexity index is 679. The number of aromatic nitrogens is 1. The van der Waals surface area contributed by atoms with Gasteiger partial charge in [-0.3, -0.25) is 5.32 Å². The smallest absolute Gasteiger partial charge is 0.306 e.